The Bertz CT molecular complexity index is 992. The number of aromatic nitrogens is 5. The van der Waals surface area contributed by atoms with E-state index in [0.29, 0.717) is 11.1 Å². The highest BCUT2D eigenvalue weighted by Crippen LogP contribution is 2.24. The van der Waals surface area contributed by atoms with Gasteiger partial charge in [-0.25, -0.2) is 9.36 Å². The number of anilines is 1. The van der Waals surface area contributed by atoms with Crippen LogP contribution in [0.4, 0.5) is 5.69 Å². The van der Waals surface area contributed by atoms with Gasteiger partial charge in [0.1, 0.15) is 0 Å². The van der Waals surface area contributed by atoms with Crippen LogP contribution in [-0.2, 0) is 4.79 Å². The molecular weight excluding hydrogens is 362 g/mol. The maximum Gasteiger partial charge on any atom is 0.271 e. The zero-order valence-electron chi connectivity index (χ0n) is 16.0. The second-order valence-electron chi connectivity index (χ2n) is 6.56. The van der Waals surface area contributed by atoms with E-state index in [1.54, 1.807) is 4.68 Å². The van der Waals surface area contributed by atoms with Crippen molar-refractivity contribution >= 4 is 23.4 Å². The summed E-state index contributed by atoms with van der Waals surface area (Å²) in [5.74, 6) is 6.42. The molecule has 1 unspecified atom stereocenters. The van der Waals surface area contributed by atoms with Crippen LogP contribution in [0.3, 0.4) is 0 Å². The quantitative estimate of drug-likeness (QED) is 0.517. The lowest BCUT2D eigenvalue weighted by Crippen LogP contribution is -2.24. The van der Waals surface area contributed by atoms with Gasteiger partial charge in [0.15, 0.2) is 0 Å². The zero-order chi connectivity index (χ0) is 19.7. The Kier molecular flexibility index (Phi) is 5.22. The minimum absolute atomic E-state index is 0.121. The third kappa shape index (κ3) is 3.97. The molecule has 3 rings (SSSR count). The predicted molar refractivity (Wildman–Crippen MR) is 107 cm³/mol. The standard InChI is InChI=1S/C18H23N7OS/c1-10-6-7-11(2)15(8-10)20-16(26)14(5)27-18-22-21-17(24(18)19)25-13(4)9-12(3)23-25/h6-9,14H,19H2,1-5H3,(H,20,26). The van der Waals surface area contributed by atoms with E-state index in [-0.39, 0.29) is 5.91 Å². The number of thioether (sulfide) groups is 1. The van der Waals surface area contributed by atoms with Crippen molar-refractivity contribution in [3.8, 4) is 5.95 Å². The summed E-state index contributed by atoms with van der Waals surface area (Å²) >= 11 is 1.25. The van der Waals surface area contributed by atoms with Crippen molar-refractivity contribution in [1.82, 2.24) is 24.7 Å². The van der Waals surface area contributed by atoms with Gasteiger partial charge in [-0.1, -0.05) is 23.9 Å². The SMILES string of the molecule is Cc1ccc(C)c(NC(=O)C(C)Sc2nnc(-n3nc(C)cc3C)n2N)c1. The van der Waals surface area contributed by atoms with E-state index in [2.05, 4.69) is 20.6 Å². The maximum absolute atomic E-state index is 12.6. The van der Waals surface area contributed by atoms with Crippen LogP contribution in [0.25, 0.3) is 5.95 Å². The first-order valence-electron chi connectivity index (χ1n) is 8.55. The molecule has 9 heteroatoms. The fraction of sp³-hybridized carbons (Fsp3) is 0.333. The first-order valence-corrected chi connectivity index (χ1v) is 9.43. The lowest BCUT2D eigenvalue weighted by Gasteiger charge is -2.13. The number of nitrogens with zero attached hydrogens (tertiary/aromatic N) is 5. The summed E-state index contributed by atoms with van der Waals surface area (Å²) in [6.07, 6.45) is 0. The zero-order valence-corrected chi connectivity index (χ0v) is 16.8. The summed E-state index contributed by atoms with van der Waals surface area (Å²) in [5.41, 5.74) is 4.69. The first-order chi connectivity index (χ1) is 12.8. The number of amides is 1. The van der Waals surface area contributed by atoms with Gasteiger partial charge in [0.2, 0.25) is 11.1 Å². The molecular formula is C18H23N7OS. The van der Waals surface area contributed by atoms with Crippen molar-refractivity contribution in [1.29, 1.82) is 0 Å². The van der Waals surface area contributed by atoms with E-state index in [1.807, 2.05) is 58.9 Å². The predicted octanol–water partition coefficient (Wildman–Crippen LogP) is 2.53. The number of benzene rings is 1. The monoisotopic (exact) mass is 385 g/mol. The summed E-state index contributed by atoms with van der Waals surface area (Å²) in [6.45, 7) is 9.58. The van der Waals surface area contributed by atoms with E-state index >= 15 is 0 Å². The molecule has 27 heavy (non-hydrogen) atoms. The maximum atomic E-state index is 12.6. The average molecular weight is 385 g/mol. The fourth-order valence-electron chi connectivity index (χ4n) is 2.64. The molecule has 0 saturated heterocycles. The van der Waals surface area contributed by atoms with Crippen molar-refractivity contribution in [2.24, 2.45) is 0 Å². The van der Waals surface area contributed by atoms with Crippen LogP contribution >= 0.6 is 11.8 Å². The lowest BCUT2D eigenvalue weighted by atomic mass is 10.1. The second kappa shape index (κ2) is 7.43. The van der Waals surface area contributed by atoms with Gasteiger partial charge in [-0.05, 0) is 57.9 Å². The highest BCUT2D eigenvalue weighted by Gasteiger charge is 2.21. The van der Waals surface area contributed by atoms with Crippen LogP contribution in [0.1, 0.15) is 29.4 Å². The van der Waals surface area contributed by atoms with Crippen molar-refractivity contribution < 1.29 is 4.79 Å². The van der Waals surface area contributed by atoms with Gasteiger partial charge < -0.3 is 11.2 Å². The molecule has 0 spiro atoms. The van der Waals surface area contributed by atoms with Gasteiger partial charge in [-0.2, -0.15) is 5.10 Å². The molecule has 2 aromatic heterocycles. The fourth-order valence-corrected chi connectivity index (χ4v) is 3.41. The van der Waals surface area contributed by atoms with Gasteiger partial charge in [0, 0.05) is 11.4 Å². The highest BCUT2D eigenvalue weighted by atomic mass is 32.2. The van der Waals surface area contributed by atoms with Crippen molar-refractivity contribution in [2.75, 3.05) is 11.2 Å². The topological polar surface area (TPSA) is 104 Å². The van der Waals surface area contributed by atoms with Gasteiger partial charge >= 0.3 is 0 Å². The molecule has 142 valence electrons. The molecule has 0 aliphatic rings. The Labute approximate surface area is 162 Å². The highest BCUT2D eigenvalue weighted by molar-refractivity contribution is 8.00. The normalized spacial score (nSPS) is 12.2. The number of rotatable bonds is 5. The van der Waals surface area contributed by atoms with Gasteiger partial charge in [0.05, 0.1) is 10.9 Å². The molecule has 0 saturated carbocycles. The largest absolute Gasteiger partial charge is 0.334 e. The number of nitrogen functional groups attached to an aromatic ring is 1. The summed E-state index contributed by atoms with van der Waals surface area (Å²) in [5, 5.41) is 15.6. The number of aryl methyl sites for hydroxylation is 4. The molecule has 3 aromatic rings. The molecule has 0 fully saturated rings. The summed E-state index contributed by atoms with van der Waals surface area (Å²) in [4.78, 5) is 12.6. The molecule has 1 atom stereocenters. The summed E-state index contributed by atoms with van der Waals surface area (Å²) in [7, 11) is 0. The van der Waals surface area contributed by atoms with Crippen LogP contribution < -0.4 is 11.2 Å². The third-order valence-electron chi connectivity index (χ3n) is 4.15. The molecule has 0 bridgehead atoms. The number of hydrogen-bond donors (Lipinski definition) is 2. The smallest absolute Gasteiger partial charge is 0.271 e. The van der Waals surface area contributed by atoms with Crippen LogP contribution in [0.15, 0.2) is 29.4 Å². The van der Waals surface area contributed by atoms with E-state index in [1.165, 1.54) is 16.4 Å². The first kappa shape index (κ1) is 19.0. The van der Waals surface area contributed by atoms with Gasteiger partial charge in [-0.3, -0.25) is 4.79 Å². The molecule has 0 aliphatic heterocycles. The molecule has 8 nitrogen and oxygen atoms in total. The Hall–Kier alpha value is -2.81. The molecule has 3 N–H and O–H groups in total. The molecule has 1 aromatic carbocycles. The van der Waals surface area contributed by atoms with Gasteiger partial charge in [0.25, 0.3) is 5.95 Å². The van der Waals surface area contributed by atoms with Crippen LogP contribution in [0.2, 0.25) is 0 Å². The van der Waals surface area contributed by atoms with Crippen LogP contribution in [0.5, 0.6) is 0 Å². The Morgan fingerprint density at radius 2 is 1.93 bits per heavy atom. The van der Waals surface area contributed by atoms with E-state index in [4.69, 9.17) is 5.84 Å². The van der Waals surface area contributed by atoms with Crippen molar-refractivity contribution in [3.63, 3.8) is 0 Å². The number of nitrogens with one attached hydrogen (secondary N) is 1. The van der Waals surface area contributed by atoms with Crippen LogP contribution in [-0.4, -0.2) is 35.8 Å². The molecule has 1 amide bonds. The number of nitrogens with two attached hydrogens (primary N) is 1. The van der Waals surface area contributed by atoms with Gasteiger partial charge in [-0.15, -0.1) is 10.2 Å². The Morgan fingerprint density at radius 1 is 1.19 bits per heavy atom. The minimum atomic E-state index is -0.398. The Morgan fingerprint density at radius 3 is 2.59 bits per heavy atom. The van der Waals surface area contributed by atoms with Crippen molar-refractivity contribution in [3.05, 3.63) is 46.8 Å². The number of hydrogen-bond acceptors (Lipinski definition) is 6. The molecule has 0 radical (unpaired) electrons. The van der Waals surface area contributed by atoms with Crippen LogP contribution in [0, 0.1) is 27.7 Å². The van der Waals surface area contributed by atoms with E-state index in [0.717, 1.165) is 28.2 Å². The number of carbonyl (C=O) groups is 1. The Balaban J connectivity index is 1.74. The van der Waals surface area contributed by atoms with Crippen molar-refractivity contribution in [2.45, 2.75) is 45.0 Å². The average Bonchev–Trinajstić information content (AvgIpc) is 3.12. The lowest BCUT2D eigenvalue weighted by molar-refractivity contribution is -0.115. The summed E-state index contributed by atoms with van der Waals surface area (Å²) in [6, 6.07) is 7.89. The van der Waals surface area contributed by atoms with E-state index < -0.39 is 5.25 Å². The number of carbonyl (C=O) groups excluding carboxylic acids is 1. The second-order valence-corrected chi connectivity index (χ2v) is 7.87. The van der Waals surface area contributed by atoms with E-state index in [9.17, 15) is 4.79 Å². The summed E-state index contributed by atoms with van der Waals surface area (Å²) < 4.78 is 2.99. The minimum Gasteiger partial charge on any atom is -0.334 e. The third-order valence-corrected chi connectivity index (χ3v) is 5.20. The molecule has 0 aliphatic carbocycles. The molecule has 2 heterocycles.